The molecule has 16 heavy (non-hydrogen) atoms. The average molecular weight is 246 g/mol. The highest BCUT2D eigenvalue weighted by atomic mass is 28.4. The maximum Gasteiger partial charge on any atom is 0.503 e. The summed E-state index contributed by atoms with van der Waals surface area (Å²) in [6.45, 7) is 2.27. The van der Waals surface area contributed by atoms with Crippen LogP contribution in [0.25, 0.3) is 0 Å². The summed E-state index contributed by atoms with van der Waals surface area (Å²) < 4.78 is 16.7. The molecule has 0 aromatic rings. The molecule has 0 spiro atoms. The van der Waals surface area contributed by atoms with E-state index in [2.05, 4.69) is 6.92 Å². The first-order valence-corrected chi connectivity index (χ1v) is 8.18. The lowest BCUT2D eigenvalue weighted by atomic mass is 9.86. The largest absolute Gasteiger partial charge is 0.503 e. The van der Waals surface area contributed by atoms with Gasteiger partial charge in [0.2, 0.25) is 0 Å². The van der Waals surface area contributed by atoms with Crippen LogP contribution in [-0.2, 0) is 13.3 Å². The van der Waals surface area contributed by atoms with E-state index < -0.39 is 8.80 Å². The Morgan fingerprint density at radius 2 is 1.44 bits per heavy atom. The van der Waals surface area contributed by atoms with Crippen LogP contribution >= 0.6 is 0 Å². The number of hydrogen-bond donors (Lipinski definition) is 0. The van der Waals surface area contributed by atoms with Gasteiger partial charge >= 0.3 is 8.80 Å². The highest BCUT2D eigenvalue weighted by molar-refractivity contribution is 6.62. The molecule has 0 radical (unpaired) electrons. The molecule has 0 aromatic carbocycles. The molecule has 0 N–H and O–H groups in total. The molecule has 0 heterocycles. The smallest absolute Gasteiger partial charge is 0.377 e. The fourth-order valence-electron chi connectivity index (χ4n) is 2.96. The predicted molar refractivity (Wildman–Crippen MR) is 67.4 cm³/mol. The minimum atomic E-state index is -2.37. The molecule has 0 amide bonds. The van der Waals surface area contributed by atoms with Crippen LogP contribution in [0.5, 0.6) is 0 Å². The molecular weight excluding hydrogens is 220 g/mol. The zero-order chi connectivity index (χ0) is 12.0. The van der Waals surface area contributed by atoms with Gasteiger partial charge < -0.3 is 13.3 Å². The molecule has 0 bridgehead atoms. The Hall–Kier alpha value is 0.0969. The van der Waals surface area contributed by atoms with Crippen LogP contribution in [0.4, 0.5) is 0 Å². The Balaban J connectivity index is 2.50. The third-order valence-corrected chi connectivity index (χ3v) is 7.18. The molecule has 0 saturated heterocycles. The summed E-state index contributed by atoms with van der Waals surface area (Å²) in [6, 6.07) is 0. The SMILES string of the molecule is CCCC1CCC([Si](OC)(OC)OC)CC1. The van der Waals surface area contributed by atoms with Gasteiger partial charge in [-0.2, -0.15) is 0 Å². The maximum atomic E-state index is 5.57. The van der Waals surface area contributed by atoms with Gasteiger partial charge in [0.05, 0.1) is 0 Å². The van der Waals surface area contributed by atoms with Crippen molar-refractivity contribution in [1.29, 1.82) is 0 Å². The lowest BCUT2D eigenvalue weighted by Crippen LogP contribution is -2.48. The third kappa shape index (κ3) is 3.06. The van der Waals surface area contributed by atoms with Gasteiger partial charge in [-0.1, -0.05) is 32.6 Å². The van der Waals surface area contributed by atoms with E-state index in [1.54, 1.807) is 21.3 Å². The zero-order valence-electron chi connectivity index (χ0n) is 11.1. The molecule has 1 aliphatic rings. The molecule has 0 aromatic heterocycles. The van der Waals surface area contributed by atoms with Crippen molar-refractivity contribution in [2.45, 2.75) is 51.0 Å². The van der Waals surface area contributed by atoms with Crippen LogP contribution in [0.3, 0.4) is 0 Å². The van der Waals surface area contributed by atoms with Gasteiger partial charge in [0.25, 0.3) is 0 Å². The predicted octanol–water partition coefficient (Wildman–Crippen LogP) is 3.23. The van der Waals surface area contributed by atoms with Crippen molar-refractivity contribution in [3.05, 3.63) is 0 Å². The normalized spacial score (nSPS) is 27.0. The lowest BCUT2D eigenvalue weighted by molar-refractivity contribution is 0.100. The summed E-state index contributed by atoms with van der Waals surface area (Å²) in [6.07, 6.45) is 7.69. The minimum absolute atomic E-state index is 0.501. The van der Waals surface area contributed by atoms with Crippen molar-refractivity contribution in [2.24, 2.45) is 5.92 Å². The summed E-state index contributed by atoms with van der Waals surface area (Å²) in [4.78, 5) is 0. The van der Waals surface area contributed by atoms with E-state index in [4.69, 9.17) is 13.3 Å². The summed E-state index contributed by atoms with van der Waals surface area (Å²) in [7, 11) is 2.79. The lowest BCUT2D eigenvalue weighted by Gasteiger charge is -2.37. The summed E-state index contributed by atoms with van der Waals surface area (Å²) in [5.41, 5.74) is 0.501. The molecule has 0 aliphatic heterocycles. The van der Waals surface area contributed by atoms with Crippen LogP contribution in [0.1, 0.15) is 45.4 Å². The van der Waals surface area contributed by atoms with Gasteiger partial charge in [0.1, 0.15) is 0 Å². The summed E-state index contributed by atoms with van der Waals surface area (Å²) in [5, 5.41) is 0. The van der Waals surface area contributed by atoms with E-state index in [-0.39, 0.29) is 0 Å². The molecule has 96 valence electrons. The van der Waals surface area contributed by atoms with E-state index in [9.17, 15) is 0 Å². The second-order valence-electron chi connectivity index (χ2n) is 4.72. The van der Waals surface area contributed by atoms with E-state index in [0.717, 1.165) is 5.92 Å². The number of hydrogen-bond acceptors (Lipinski definition) is 3. The zero-order valence-corrected chi connectivity index (χ0v) is 12.1. The number of rotatable bonds is 6. The van der Waals surface area contributed by atoms with Crippen molar-refractivity contribution < 1.29 is 13.3 Å². The van der Waals surface area contributed by atoms with Gasteiger partial charge in [-0.05, 0) is 18.8 Å². The van der Waals surface area contributed by atoms with Crippen LogP contribution in [0, 0.1) is 5.92 Å². The average Bonchev–Trinajstić information content (AvgIpc) is 2.34. The first-order chi connectivity index (χ1) is 7.72. The van der Waals surface area contributed by atoms with Crippen molar-refractivity contribution in [3.8, 4) is 0 Å². The second-order valence-corrected chi connectivity index (χ2v) is 7.97. The van der Waals surface area contributed by atoms with Gasteiger partial charge in [0, 0.05) is 26.9 Å². The molecule has 3 nitrogen and oxygen atoms in total. The van der Waals surface area contributed by atoms with E-state index >= 15 is 0 Å². The highest BCUT2D eigenvalue weighted by Gasteiger charge is 2.48. The molecule has 0 atom stereocenters. The van der Waals surface area contributed by atoms with E-state index in [0.29, 0.717) is 5.54 Å². The van der Waals surface area contributed by atoms with Gasteiger partial charge in [-0.15, -0.1) is 0 Å². The second kappa shape index (κ2) is 6.74. The van der Waals surface area contributed by atoms with Crippen molar-refractivity contribution in [2.75, 3.05) is 21.3 Å². The van der Waals surface area contributed by atoms with Gasteiger partial charge in [0.15, 0.2) is 0 Å². The fourth-order valence-corrected chi connectivity index (χ4v) is 5.50. The fraction of sp³-hybridized carbons (Fsp3) is 1.00. The molecule has 1 fully saturated rings. The third-order valence-electron chi connectivity index (χ3n) is 3.90. The molecular formula is C12H26O3Si. The van der Waals surface area contributed by atoms with Gasteiger partial charge in [-0.3, -0.25) is 0 Å². The van der Waals surface area contributed by atoms with E-state index in [1.165, 1.54) is 38.5 Å². The van der Waals surface area contributed by atoms with Crippen molar-refractivity contribution >= 4 is 8.80 Å². The Labute approximate surface area is 101 Å². The van der Waals surface area contributed by atoms with Crippen LogP contribution in [0.15, 0.2) is 0 Å². The monoisotopic (exact) mass is 246 g/mol. The van der Waals surface area contributed by atoms with E-state index in [1.807, 2.05) is 0 Å². The quantitative estimate of drug-likeness (QED) is 0.673. The summed E-state index contributed by atoms with van der Waals surface area (Å²) in [5.74, 6) is 0.915. The van der Waals surface area contributed by atoms with Gasteiger partial charge in [-0.25, -0.2) is 0 Å². The van der Waals surface area contributed by atoms with Crippen molar-refractivity contribution in [3.63, 3.8) is 0 Å². The Kier molecular flexibility index (Phi) is 5.96. The highest BCUT2D eigenvalue weighted by Crippen LogP contribution is 2.41. The van der Waals surface area contributed by atoms with Crippen molar-refractivity contribution in [1.82, 2.24) is 0 Å². The van der Waals surface area contributed by atoms with Crippen LogP contribution in [-0.4, -0.2) is 30.1 Å². The van der Waals surface area contributed by atoms with Crippen LogP contribution < -0.4 is 0 Å². The molecule has 0 unspecified atom stereocenters. The molecule has 1 aliphatic carbocycles. The minimum Gasteiger partial charge on any atom is -0.377 e. The molecule has 1 saturated carbocycles. The Morgan fingerprint density at radius 1 is 0.938 bits per heavy atom. The first-order valence-electron chi connectivity index (χ1n) is 6.37. The van der Waals surface area contributed by atoms with Crippen LogP contribution in [0.2, 0.25) is 5.54 Å². The Morgan fingerprint density at radius 3 is 1.81 bits per heavy atom. The Bertz CT molecular complexity index is 178. The first kappa shape index (κ1) is 14.2. The standard InChI is InChI=1S/C12H26O3Si/c1-5-6-11-7-9-12(10-8-11)16(13-2,14-3)15-4/h11-12H,5-10H2,1-4H3. The maximum absolute atomic E-state index is 5.57. The molecule has 1 rings (SSSR count). The topological polar surface area (TPSA) is 27.7 Å². The summed E-state index contributed by atoms with van der Waals surface area (Å²) >= 11 is 0. The molecule has 4 heteroatoms.